The normalized spacial score (nSPS) is 20.4. The number of nitrogens with zero attached hydrogens (tertiary/aromatic N) is 2. The van der Waals surface area contributed by atoms with Crippen LogP contribution in [0.25, 0.3) is 0 Å². The molecule has 2 nitrogen and oxygen atoms in total. The second-order valence-electron chi connectivity index (χ2n) is 8.66. The zero-order valence-electron chi connectivity index (χ0n) is 17.6. The second-order valence-corrected chi connectivity index (χ2v) is 9.47. The molecule has 0 bridgehead atoms. The fourth-order valence-electron chi connectivity index (χ4n) is 4.66. The van der Waals surface area contributed by atoms with Crippen LogP contribution in [0.5, 0.6) is 0 Å². The van der Waals surface area contributed by atoms with Gasteiger partial charge < -0.3 is 21.9 Å². The first-order valence-electron chi connectivity index (χ1n) is 10.5. The minimum atomic E-state index is -0.0645. The van der Waals surface area contributed by atoms with Crippen molar-refractivity contribution < 1.29 is 21.6 Å². The monoisotopic (exact) mass is 506 g/mol. The Kier molecular flexibility index (Phi) is 7.71. The van der Waals surface area contributed by atoms with Crippen molar-refractivity contribution in [1.82, 2.24) is 4.90 Å². The Morgan fingerprint density at radius 3 is 2.23 bits per heavy atom. The largest absolute Gasteiger partial charge is 1.00 e. The van der Waals surface area contributed by atoms with Crippen LogP contribution in [0.15, 0.2) is 60.3 Å². The fourth-order valence-corrected chi connectivity index (χ4v) is 5.21. The number of likely N-dealkylation sites (tertiary alicyclic amines) is 1. The van der Waals surface area contributed by atoms with Gasteiger partial charge in [-0.2, -0.15) is 0 Å². The zero-order valence-corrected chi connectivity index (χ0v) is 20.7. The van der Waals surface area contributed by atoms with Crippen molar-refractivity contribution in [3.63, 3.8) is 0 Å². The molecule has 5 heteroatoms. The summed E-state index contributed by atoms with van der Waals surface area (Å²) in [6, 6.07) is 16.5. The van der Waals surface area contributed by atoms with Crippen LogP contribution in [0.2, 0.25) is 10.0 Å². The molecule has 160 valence electrons. The molecule has 0 radical (unpaired) electrons. The first kappa shape index (κ1) is 23.4. The molecule has 0 saturated carbocycles. The van der Waals surface area contributed by atoms with E-state index in [9.17, 15) is 0 Å². The SMILES string of the molecule is CC1(C)C(Cc2c(Cl)cccc2Cl)C(N2CCCC2)=CC=[N+]1Cc1ccccc1.[Br-]. The summed E-state index contributed by atoms with van der Waals surface area (Å²) in [5, 5.41) is 1.52. The topological polar surface area (TPSA) is 6.25 Å². The van der Waals surface area contributed by atoms with Crippen molar-refractivity contribution in [3.8, 4) is 0 Å². The quantitative estimate of drug-likeness (QED) is 0.563. The van der Waals surface area contributed by atoms with E-state index in [4.69, 9.17) is 23.2 Å². The van der Waals surface area contributed by atoms with Crippen molar-refractivity contribution in [2.75, 3.05) is 13.1 Å². The number of allylic oxidation sites excluding steroid dienone is 1. The minimum absolute atomic E-state index is 0. The van der Waals surface area contributed by atoms with E-state index in [1.807, 2.05) is 18.2 Å². The van der Waals surface area contributed by atoms with Crippen molar-refractivity contribution >= 4 is 29.4 Å². The van der Waals surface area contributed by atoms with E-state index in [-0.39, 0.29) is 22.5 Å². The molecule has 2 heterocycles. The number of hydrogen-bond donors (Lipinski definition) is 0. The average molecular weight is 508 g/mol. The molecule has 0 spiro atoms. The Bertz CT molecular complexity index is 911. The van der Waals surface area contributed by atoms with Gasteiger partial charge >= 0.3 is 0 Å². The van der Waals surface area contributed by atoms with Crippen LogP contribution in [-0.4, -0.2) is 34.3 Å². The highest BCUT2D eigenvalue weighted by Gasteiger charge is 2.45. The Morgan fingerprint density at radius 2 is 1.60 bits per heavy atom. The summed E-state index contributed by atoms with van der Waals surface area (Å²) in [5.41, 5.74) is 3.74. The van der Waals surface area contributed by atoms with Crippen molar-refractivity contribution in [2.24, 2.45) is 5.92 Å². The second kappa shape index (κ2) is 9.89. The predicted molar refractivity (Wildman–Crippen MR) is 123 cm³/mol. The Hall–Kier alpha value is -1.29. The zero-order chi connectivity index (χ0) is 20.4. The molecule has 30 heavy (non-hydrogen) atoms. The van der Waals surface area contributed by atoms with Gasteiger partial charge in [0.2, 0.25) is 0 Å². The molecule has 2 aromatic carbocycles. The Balaban J connectivity index is 0.00000256. The molecule has 1 saturated heterocycles. The molecule has 0 amide bonds. The van der Waals surface area contributed by atoms with Crippen LogP contribution >= 0.6 is 23.2 Å². The highest BCUT2D eigenvalue weighted by Crippen LogP contribution is 2.39. The van der Waals surface area contributed by atoms with Gasteiger partial charge in [0, 0.05) is 54.3 Å². The van der Waals surface area contributed by atoms with E-state index in [0.717, 1.165) is 41.7 Å². The minimum Gasteiger partial charge on any atom is -1.00 e. The van der Waals surface area contributed by atoms with E-state index in [1.165, 1.54) is 24.1 Å². The fraction of sp³-hybridized carbons (Fsp3) is 0.400. The number of benzene rings is 2. The molecular weight excluding hydrogens is 479 g/mol. The molecular formula is C25H29BrCl2N2. The summed E-state index contributed by atoms with van der Waals surface area (Å²) in [5.74, 6) is 0.312. The summed E-state index contributed by atoms with van der Waals surface area (Å²) in [6.07, 6.45) is 7.99. The maximum absolute atomic E-state index is 6.58. The number of rotatable bonds is 5. The summed E-state index contributed by atoms with van der Waals surface area (Å²) in [7, 11) is 0. The maximum Gasteiger partial charge on any atom is 0.168 e. The van der Waals surface area contributed by atoms with Gasteiger partial charge in [0.15, 0.2) is 18.3 Å². The van der Waals surface area contributed by atoms with Crippen molar-refractivity contribution in [3.05, 3.63) is 81.5 Å². The van der Waals surface area contributed by atoms with Gasteiger partial charge in [-0.05, 0) is 37.0 Å². The maximum atomic E-state index is 6.58. The molecule has 2 aliphatic heterocycles. The van der Waals surface area contributed by atoms with Crippen LogP contribution in [0, 0.1) is 5.92 Å². The first-order valence-corrected chi connectivity index (χ1v) is 11.3. The molecule has 0 aliphatic carbocycles. The molecule has 1 fully saturated rings. The van der Waals surface area contributed by atoms with E-state index in [0.29, 0.717) is 5.92 Å². The van der Waals surface area contributed by atoms with E-state index < -0.39 is 0 Å². The van der Waals surface area contributed by atoms with Gasteiger partial charge in [-0.3, -0.25) is 0 Å². The van der Waals surface area contributed by atoms with Crippen LogP contribution < -0.4 is 17.0 Å². The summed E-state index contributed by atoms with van der Waals surface area (Å²) in [6.45, 7) is 7.88. The van der Waals surface area contributed by atoms with Gasteiger partial charge in [-0.15, -0.1) is 0 Å². The Labute approximate surface area is 201 Å². The summed E-state index contributed by atoms with van der Waals surface area (Å²) in [4.78, 5) is 2.56. The first-order chi connectivity index (χ1) is 14.0. The van der Waals surface area contributed by atoms with Crippen molar-refractivity contribution in [1.29, 1.82) is 0 Å². The van der Waals surface area contributed by atoms with Crippen LogP contribution in [0.3, 0.4) is 0 Å². The third kappa shape index (κ3) is 4.79. The van der Waals surface area contributed by atoms with E-state index in [1.54, 1.807) is 0 Å². The average Bonchev–Trinajstić information content (AvgIpc) is 3.23. The van der Waals surface area contributed by atoms with E-state index in [2.05, 4.69) is 65.9 Å². The molecule has 0 N–H and O–H groups in total. The number of halogens is 3. The van der Waals surface area contributed by atoms with Gasteiger partial charge in [0.1, 0.15) is 0 Å². The predicted octanol–water partition coefficient (Wildman–Crippen LogP) is 3.21. The third-order valence-electron chi connectivity index (χ3n) is 6.51. The molecule has 0 aromatic heterocycles. The molecule has 2 aliphatic rings. The number of hydrogen-bond acceptors (Lipinski definition) is 1. The van der Waals surface area contributed by atoms with Gasteiger partial charge in [0.05, 0.1) is 5.92 Å². The molecule has 1 atom stereocenters. The summed E-state index contributed by atoms with van der Waals surface area (Å²) < 4.78 is 2.47. The van der Waals surface area contributed by atoms with Gasteiger partial charge in [0.25, 0.3) is 0 Å². The summed E-state index contributed by atoms with van der Waals surface area (Å²) >= 11 is 13.2. The van der Waals surface area contributed by atoms with Crippen LogP contribution in [-0.2, 0) is 13.0 Å². The smallest absolute Gasteiger partial charge is 0.168 e. The standard InChI is InChI=1S/C25H29Cl2N2.BrH/c1-25(2)21(17-20-22(26)11-8-12-23(20)27)24(28-14-6-7-15-28)13-16-29(25)18-19-9-4-3-5-10-19;/h3-5,8-13,16,21H,6-7,14-15,17-18H2,1-2H3;1H/q+1;/p-1. The lowest BCUT2D eigenvalue weighted by Crippen LogP contribution is -3.00. The lowest BCUT2D eigenvalue weighted by Gasteiger charge is -2.39. The highest BCUT2D eigenvalue weighted by molar-refractivity contribution is 6.36. The molecule has 4 rings (SSSR count). The lowest BCUT2D eigenvalue weighted by atomic mass is 9.77. The van der Waals surface area contributed by atoms with Crippen LogP contribution in [0.1, 0.15) is 37.8 Å². The van der Waals surface area contributed by atoms with E-state index >= 15 is 0 Å². The van der Waals surface area contributed by atoms with Gasteiger partial charge in [-0.25, -0.2) is 4.58 Å². The van der Waals surface area contributed by atoms with Gasteiger partial charge in [-0.1, -0.05) is 59.6 Å². The lowest BCUT2D eigenvalue weighted by molar-refractivity contribution is -0.621. The molecule has 2 aromatic rings. The highest BCUT2D eigenvalue weighted by atomic mass is 79.9. The molecule has 1 unspecified atom stereocenters. The Morgan fingerprint density at radius 1 is 0.967 bits per heavy atom. The van der Waals surface area contributed by atoms with Crippen LogP contribution in [0.4, 0.5) is 0 Å². The van der Waals surface area contributed by atoms with Crippen molar-refractivity contribution in [2.45, 2.75) is 45.2 Å². The third-order valence-corrected chi connectivity index (χ3v) is 7.22.